The fourth-order valence-corrected chi connectivity index (χ4v) is 3.03. The summed E-state index contributed by atoms with van der Waals surface area (Å²) in [6.07, 6.45) is 2.63. The molecule has 1 aliphatic heterocycles. The third kappa shape index (κ3) is 2.98. The van der Waals surface area contributed by atoms with E-state index in [1.807, 2.05) is 6.07 Å². The Balaban J connectivity index is 2.07. The number of piperidine rings is 1. The van der Waals surface area contributed by atoms with E-state index in [1.165, 1.54) is 5.69 Å². The van der Waals surface area contributed by atoms with Crippen LogP contribution in [0.25, 0.3) is 0 Å². The van der Waals surface area contributed by atoms with E-state index in [4.69, 9.17) is 10.5 Å². The second kappa shape index (κ2) is 5.93. The van der Waals surface area contributed by atoms with Gasteiger partial charge >= 0.3 is 0 Å². The highest BCUT2D eigenvalue weighted by Gasteiger charge is 2.21. The van der Waals surface area contributed by atoms with Gasteiger partial charge in [0.25, 0.3) is 0 Å². The molecule has 1 heterocycles. The van der Waals surface area contributed by atoms with Crippen molar-refractivity contribution in [3.05, 3.63) is 22.2 Å². The zero-order chi connectivity index (χ0) is 13.1. The Labute approximate surface area is 117 Å². The number of halogens is 1. The van der Waals surface area contributed by atoms with Crippen LogP contribution in [0.3, 0.4) is 0 Å². The average molecular weight is 313 g/mol. The molecule has 3 nitrogen and oxygen atoms in total. The maximum Gasteiger partial charge on any atom is 0.0608 e. The van der Waals surface area contributed by atoms with Gasteiger partial charge in [0, 0.05) is 29.9 Å². The second-order valence-electron chi connectivity index (χ2n) is 4.80. The first-order chi connectivity index (χ1) is 8.61. The molecule has 4 heteroatoms. The number of nitrogens with two attached hydrogens (primary N) is 1. The fraction of sp³-hybridized carbons (Fsp3) is 0.571. The monoisotopic (exact) mass is 312 g/mol. The molecule has 1 aliphatic rings. The summed E-state index contributed by atoms with van der Waals surface area (Å²) < 4.78 is 6.77. The molecule has 0 radical (unpaired) electrons. The summed E-state index contributed by atoms with van der Waals surface area (Å²) in [5, 5.41) is 0. The van der Waals surface area contributed by atoms with Crippen LogP contribution >= 0.6 is 15.9 Å². The van der Waals surface area contributed by atoms with Crippen LogP contribution in [-0.2, 0) is 4.74 Å². The molecule has 0 aromatic heterocycles. The Morgan fingerprint density at radius 1 is 1.39 bits per heavy atom. The van der Waals surface area contributed by atoms with Crippen molar-refractivity contribution in [3.8, 4) is 0 Å². The van der Waals surface area contributed by atoms with Crippen LogP contribution in [0.4, 0.5) is 11.4 Å². The molecule has 0 atom stereocenters. The third-order valence-electron chi connectivity index (χ3n) is 3.52. The van der Waals surface area contributed by atoms with Gasteiger partial charge in [-0.1, -0.05) is 0 Å². The number of ether oxygens (including phenoxy) is 1. The summed E-state index contributed by atoms with van der Waals surface area (Å²) in [5.74, 6) is 0. The molecule has 0 bridgehead atoms. The molecule has 0 amide bonds. The average Bonchev–Trinajstić information content (AvgIpc) is 2.35. The van der Waals surface area contributed by atoms with Crippen LogP contribution in [0.2, 0.25) is 0 Å². The number of nitrogens with zero attached hydrogens (tertiary/aromatic N) is 1. The minimum atomic E-state index is 0.430. The summed E-state index contributed by atoms with van der Waals surface area (Å²) in [4.78, 5) is 2.41. The van der Waals surface area contributed by atoms with Crippen LogP contribution in [0, 0.1) is 6.92 Å². The second-order valence-corrected chi connectivity index (χ2v) is 5.66. The maximum absolute atomic E-state index is 5.91. The molecule has 0 aliphatic carbocycles. The lowest BCUT2D eigenvalue weighted by Crippen LogP contribution is -2.37. The number of anilines is 2. The predicted molar refractivity (Wildman–Crippen MR) is 80.2 cm³/mol. The predicted octanol–water partition coefficient (Wildman–Crippen LogP) is 3.35. The Hall–Kier alpha value is -0.740. The lowest BCUT2D eigenvalue weighted by molar-refractivity contribution is 0.0459. The van der Waals surface area contributed by atoms with Crippen molar-refractivity contribution >= 4 is 27.3 Å². The van der Waals surface area contributed by atoms with E-state index < -0.39 is 0 Å². The molecule has 0 saturated carbocycles. The van der Waals surface area contributed by atoms with E-state index in [2.05, 4.69) is 40.7 Å². The number of hydrogen-bond donors (Lipinski definition) is 1. The van der Waals surface area contributed by atoms with E-state index in [9.17, 15) is 0 Å². The number of hydrogen-bond acceptors (Lipinski definition) is 3. The molecule has 0 unspecified atom stereocenters. The molecule has 1 saturated heterocycles. The normalized spacial score (nSPS) is 17.2. The summed E-state index contributed by atoms with van der Waals surface area (Å²) in [6, 6.07) is 4.17. The largest absolute Gasteiger partial charge is 0.398 e. The van der Waals surface area contributed by atoms with Gasteiger partial charge in [-0.05, 0) is 60.3 Å². The standard InChI is InChI=1S/C14H21BrN2O/c1-3-18-11-4-6-17(7-5-11)14-8-10(2)13(16)9-12(14)15/h8-9,11H,3-7,16H2,1-2H3. The molecule has 100 valence electrons. The van der Waals surface area contributed by atoms with Crippen molar-refractivity contribution in [1.82, 2.24) is 0 Å². The summed E-state index contributed by atoms with van der Waals surface area (Å²) >= 11 is 3.61. The molecular weight excluding hydrogens is 292 g/mol. The molecular formula is C14H21BrN2O. The first-order valence-electron chi connectivity index (χ1n) is 6.54. The highest BCUT2D eigenvalue weighted by atomic mass is 79.9. The van der Waals surface area contributed by atoms with Gasteiger partial charge in [0.2, 0.25) is 0 Å². The van der Waals surface area contributed by atoms with Crippen LogP contribution in [0.1, 0.15) is 25.3 Å². The van der Waals surface area contributed by atoms with Gasteiger partial charge in [-0.3, -0.25) is 0 Å². The van der Waals surface area contributed by atoms with Crippen molar-refractivity contribution in [3.63, 3.8) is 0 Å². The number of aryl methyl sites for hydroxylation is 1. The molecule has 2 rings (SSSR count). The molecule has 1 aromatic rings. The lowest BCUT2D eigenvalue weighted by atomic mass is 10.1. The van der Waals surface area contributed by atoms with Gasteiger partial charge in [-0.25, -0.2) is 0 Å². The SMILES string of the molecule is CCOC1CCN(c2cc(C)c(N)cc2Br)CC1. The smallest absolute Gasteiger partial charge is 0.0608 e. The van der Waals surface area contributed by atoms with Gasteiger partial charge in [0.1, 0.15) is 0 Å². The van der Waals surface area contributed by atoms with Gasteiger partial charge in [-0.15, -0.1) is 0 Å². The number of rotatable bonds is 3. The Morgan fingerprint density at radius 2 is 2.06 bits per heavy atom. The van der Waals surface area contributed by atoms with Gasteiger partial charge < -0.3 is 15.4 Å². The Kier molecular flexibility index (Phi) is 4.51. The minimum Gasteiger partial charge on any atom is -0.398 e. The van der Waals surface area contributed by atoms with Crippen LogP contribution in [-0.4, -0.2) is 25.8 Å². The molecule has 18 heavy (non-hydrogen) atoms. The van der Waals surface area contributed by atoms with Crippen molar-refractivity contribution in [2.75, 3.05) is 30.3 Å². The minimum absolute atomic E-state index is 0.430. The highest BCUT2D eigenvalue weighted by Crippen LogP contribution is 2.32. The van der Waals surface area contributed by atoms with E-state index in [0.717, 1.165) is 48.3 Å². The fourth-order valence-electron chi connectivity index (χ4n) is 2.42. The van der Waals surface area contributed by atoms with Crippen molar-refractivity contribution in [2.24, 2.45) is 0 Å². The highest BCUT2D eigenvalue weighted by molar-refractivity contribution is 9.10. The maximum atomic E-state index is 5.91. The quantitative estimate of drug-likeness (QED) is 0.870. The van der Waals surface area contributed by atoms with E-state index in [-0.39, 0.29) is 0 Å². The summed E-state index contributed by atoms with van der Waals surface area (Å²) in [5.41, 5.74) is 9.14. The molecule has 2 N–H and O–H groups in total. The van der Waals surface area contributed by atoms with E-state index in [1.54, 1.807) is 0 Å². The Morgan fingerprint density at radius 3 is 2.67 bits per heavy atom. The summed E-state index contributed by atoms with van der Waals surface area (Å²) in [7, 11) is 0. The lowest BCUT2D eigenvalue weighted by Gasteiger charge is -2.34. The molecule has 1 aromatic carbocycles. The first-order valence-corrected chi connectivity index (χ1v) is 7.33. The number of benzene rings is 1. The topological polar surface area (TPSA) is 38.5 Å². The molecule has 0 spiro atoms. The van der Waals surface area contributed by atoms with Crippen molar-refractivity contribution in [2.45, 2.75) is 32.8 Å². The van der Waals surface area contributed by atoms with Gasteiger partial charge in [0.05, 0.1) is 11.8 Å². The van der Waals surface area contributed by atoms with Gasteiger partial charge in [0.15, 0.2) is 0 Å². The zero-order valence-corrected chi connectivity index (χ0v) is 12.7. The van der Waals surface area contributed by atoms with E-state index >= 15 is 0 Å². The Bertz CT molecular complexity index is 415. The third-order valence-corrected chi connectivity index (χ3v) is 4.16. The summed E-state index contributed by atoms with van der Waals surface area (Å²) in [6.45, 7) is 7.03. The first kappa shape index (κ1) is 13.7. The number of nitrogen functional groups attached to an aromatic ring is 1. The molecule has 1 fully saturated rings. The zero-order valence-electron chi connectivity index (χ0n) is 11.1. The van der Waals surface area contributed by atoms with Crippen LogP contribution in [0.5, 0.6) is 0 Å². The van der Waals surface area contributed by atoms with Gasteiger partial charge in [-0.2, -0.15) is 0 Å². The van der Waals surface area contributed by atoms with Crippen molar-refractivity contribution in [1.29, 1.82) is 0 Å². The van der Waals surface area contributed by atoms with E-state index in [0.29, 0.717) is 6.10 Å². The van der Waals surface area contributed by atoms with Crippen molar-refractivity contribution < 1.29 is 4.74 Å². The van der Waals surface area contributed by atoms with Crippen LogP contribution < -0.4 is 10.6 Å². The van der Waals surface area contributed by atoms with Crippen LogP contribution in [0.15, 0.2) is 16.6 Å².